The zero-order chi connectivity index (χ0) is 22.0. The van der Waals surface area contributed by atoms with E-state index in [1.54, 1.807) is 36.1 Å². The third kappa shape index (κ3) is 4.72. The highest BCUT2D eigenvalue weighted by Gasteiger charge is 2.28. The largest absolute Gasteiger partial charge is 0.487 e. The van der Waals surface area contributed by atoms with Crippen molar-refractivity contribution < 1.29 is 17.9 Å². The smallest absolute Gasteiger partial charge is 0.253 e. The Morgan fingerprint density at radius 2 is 1.74 bits per heavy atom. The van der Waals surface area contributed by atoms with Gasteiger partial charge in [0.05, 0.1) is 11.4 Å². The van der Waals surface area contributed by atoms with Crippen molar-refractivity contribution in [1.29, 1.82) is 0 Å². The molecule has 1 aromatic carbocycles. The molecule has 0 atom stereocenters. The molecule has 9 heteroatoms. The van der Waals surface area contributed by atoms with Crippen LogP contribution in [0, 0.1) is 6.92 Å². The second-order valence-electron chi connectivity index (χ2n) is 7.61. The number of carbonyl (C=O) groups is 1. The number of benzene rings is 1. The molecule has 0 radical (unpaired) electrons. The van der Waals surface area contributed by atoms with Crippen LogP contribution in [0.1, 0.15) is 28.5 Å². The maximum absolute atomic E-state index is 12.7. The molecule has 0 aliphatic carbocycles. The summed E-state index contributed by atoms with van der Waals surface area (Å²) in [4.78, 5) is 19.0. The molecule has 4 rings (SSSR count). The summed E-state index contributed by atoms with van der Waals surface area (Å²) in [6, 6.07) is 11.0. The summed E-state index contributed by atoms with van der Waals surface area (Å²) in [6.45, 7) is 5.45. The summed E-state index contributed by atoms with van der Waals surface area (Å²) in [5.74, 6) is 0.635. The Morgan fingerprint density at radius 3 is 2.42 bits per heavy atom. The van der Waals surface area contributed by atoms with Gasteiger partial charge >= 0.3 is 0 Å². The van der Waals surface area contributed by atoms with Gasteiger partial charge in [-0.15, -0.1) is 0 Å². The van der Waals surface area contributed by atoms with Gasteiger partial charge in [0.25, 0.3) is 5.91 Å². The number of imidazole rings is 1. The number of hydrogen-bond donors (Lipinski definition) is 0. The van der Waals surface area contributed by atoms with Gasteiger partial charge in [0.1, 0.15) is 18.0 Å². The van der Waals surface area contributed by atoms with Gasteiger partial charge in [-0.1, -0.05) is 6.07 Å². The molecule has 0 bridgehead atoms. The molecular weight excluding hydrogens is 416 g/mol. The van der Waals surface area contributed by atoms with E-state index in [2.05, 4.69) is 4.98 Å². The Morgan fingerprint density at radius 1 is 1.03 bits per heavy atom. The van der Waals surface area contributed by atoms with E-state index in [4.69, 9.17) is 4.74 Å². The van der Waals surface area contributed by atoms with E-state index in [-0.39, 0.29) is 11.7 Å². The van der Waals surface area contributed by atoms with Crippen LogP contribution in [-0.4, -0.2) is 64.8 Å². The number of aryl methyl sites for hydroxylation is 1. The molecule has 3 heterocycles. The van der Waals surface area contributed by atoms with Crippen LogP contribution in [0.5, 0.6) is 5.75 Å². The predicted octanol–water partition coefficient (Wildman–Crippen LogP) is 2.33. The van der Waals surface area contributed by atoms with Gasteiger partial charge in [-0.05, 0) is 49.7 Å². The molecule has 0 spiro atoms. The van der Waals surface area contributed by atoms with E-state index in [1.807, 2.05) is 35.9 Å². The van der Waals surface area contributed by atoms with Crippen molar-refractivity contribution in [2.75, 3.05) is 31.9 Å². The molecule has 1 amide bonds. The Hall–Kier alpha value is -2.91. The van der Waals surface area contributed by atoms with Crippen molar-refractivity contribution in [3.8, 4) is 5.75 Å². The average molecular weight is 443 g/mol. The average Bonchev–Trinajstić information content (AvgIpc) is 3.19. The maximum Gasteiger partial charge on any atom is 0.253 e. The molecule has 0 N–H and O–H groups in total. The maximum atomic E-state index is 12.7. The van der Waals surface area contributed by atoms with Crippen molar-refractivity contribution in [2.24, 2.45) is 0 Å². The Bertz CT molecular complexity index is 1180. The number of nitrogens with zero attached hydrogens (tertiary/aromatic N) is 4. The monoisotopic (exact) mass is 442 g/mol. The fraction of sp³-hybridized carbons (Fsp3) is 0.364. The first kappa shape index (κ1) is 21.3. The number of ether oxygens (including phenoxy) is 1. The van der Waals surface area contributed by atoms with Crippen LogP contribution in [0.3, 0.4) is 0 Å². The SMILES string of the molecule is CCS(=O)(=O)N1CCN(C(=O)c2ccc(OCc3cn4cc(C)ccc4n3)cc2)CC1. The van der Waals surface area contributed by atoms with Crippen molar-refractivity contribution in [1.82, 2.24) is 18.6 Å². The summed E-state index contributed by atoms with van der Waals surface area (Å²) < 4.78 is 33.2. The lowest BCUT2D eigenvalue weighted by Gasteiger charge is -2.33. The summed E-state index contributed by atoms with van der Waals surface area (Å²) in [5.41, 5.74) is 3.41. The molecule has 0 unspecified atom stereocenters. The summed E-state index contributed by atoms with van der Waals surface area (Å²) >= 11 is 0. The molecule has 0 saturated carbocycles. The highest BCUT2D eigenvalue weighted by atomic mass is 32.2. The van der Waals surface area contributed by atoms with Gasteiger partial charge in [0.2, 0.25) is 10.0 Å². The van der Waals surface area contributed by atoms with E-state index in [0.29, 0.717) is 44.1 Å². The summed E-state index contributed by atoms with van der Waals surface area (Å²) in [6.07, 6.45) is 3.96. The molecule has 1 saturated heterocycles. The summed E-state index contributed by atoms with van der Waals surface area (Å²) in [5, 5.41) is 0. The molecule has 31 heavy (non-hydrogen) atoms. The van der Waals surface area contributed by atoms with Gasteiger partial charge < -0.3 is 14.0 Å². The first-order chi connectivity index (χ1) is 14.9. The molecule has 1 aliphatic heterocycles. The Labute approximate surface area is 182 Å². The first-order valence-corrected chi connectivity index (χ1v) is 11.9. The van der Waals surface area contributed by atoms with E-state index in [9.17, 15) is 13.2 Å². The van der Waals surface area contributed by atoms with Gasteiger partial charge in [-0.2, -0.15) is 4.31 Å². The van der Waals surface area contributed by atoms with Crippen molar-refractivity contribution in [3.05, 3.63) is 65.6 Å². The van der Waals surface area contributed by atoms with Crippen LogP contribution in [0.25, 0.3) is 5.65 Å². The fourth-order valence-electron chi connectivity index (χ4n) is 3.61. The fourth-order valence-corrected chi connectivity index (χ4v) is 4.70. The van der Waals surface area contributed by atoms with Gasteiger partial charge in [0, 0.05) is 44.1 Å². The quantitative estimate of drug-likeness (QED) is 0.585. The number of amides is 1. The zero-order valence-electron chi connectivity index (χ0n) is 17.7. The number of aromatic nitrogens is 2. The number of fused-ring (bicyclic) bond motifs is 1. The van der Waals surface area contributed by atoms with E-state index in [0.717, 1.165) is 16.9 Å². The predicted molar refractivity (Wildman–Crippen MR) is 118 cm³/mol. The lowest BCUT2D eigenvalue weighted by molar-refractivity contribution is 0.0698. The van der Waals surface area contributed by atoms with Gasteiger partial charge in [0.15, 0.2) is 0 Å². The highest BCUT2D eigenvalue weighted by molar-refractivity contribution is 7.89. The van der Waals surface area contributed by atoms with Crippen molar-refractivity contribution in [2.45, 2.75) is 20.5 Å². The number of hydrogen-bond acceptors (Lipinski definition) is 5. The molecule has 164 valence electrons. The molecule has 8 nitrogen and oxygen atoms in total. The molecule has 1 aliphatic rings. The number of carbonyl (C=O) groups excluding carboxylic acids is 1. The second-order valence-corrected chi connectivity index (χ2v) is 9.87. The van der Waals surface area contributed by atoms with Gasteiger partial charge in [-0.3, -0.25) is 4.79 Å². The molecular formula is C22H26N4O4S. The van der Waals surface area contributed by atoms with Crippen LogP contribution >= 0.6 is 0 Å². The van der Waals surface area contributed by atoms with Crippen LogP contribution in [0.2, 0.25) is 0 Å². The number of sulfonamides is 1. The van der Waals surface area contributed by atoms with Crippen molar-refractivity contribution >= 4 is 21.6 Å². The van der Waals surface area contributed by atoms with Gasteiger partial charge in [-0.25, -0.2) is 13.4 Å². The third-order valence-corrected chi connectivity index (χ3v) is 7.30. The van der Waals surface area contributed by atoms with E-state index < -0.39 is 10.0 Å². The highest BCUT2D eigenvalue weighted by Crippen LogP contribution is 2.17. The third-order valence-electron chi connectivity index (χ3n) is 5.42. The molecule has 2 aromatic heterocycles. The minimum Gasteiger partial charge on any atom is -0.487 e. The lowest BCUT2D eigenvalue weighted by Crippen LogP contribution is -2.50. The molecule has 3 aromatic rings. The molecule has 1 fully saturated rings. The number of rotatable bonds is 6. The normalized spacial score (nSPS) is 15.4. The van der Waals surface area contributed by atoms with E-state index >= 15 is 0 Å². The van der Waals surface area contributed by atoms with Crippen LogP contribution in [0.15, 0.2) is 48.8 Å². The van der Waals surface area contributed by atoms with Crippen molar-refractivity contribution in [3.63, 3.8) is 0 Å². The first-order valence-electron chi connectivity index (χ1n) is 10.3. The number of pyridine rings is 1. The lowest BCUT2D eigenvalue weighted by atomic mass is 10.2. The number of piperazine rings is 1. The van der Waals surface area contributed by atoms with Crippen LogP contribution < -0.4 is 4.74 Å². The minimum absolute atomic E-state index is 0.0804. The Balaban J connectivity index is 1.34. The standard InChI is InChI=1S/C22H26N4O4S/c1-3-31(28,29)26-12-10-24(11-13-26)22(27)18-5-7-20(8-6-18)30-16-19-15-25-14-17(2)4-9-21(25)23-19/h4-9,14-15H,3,10-13,16H2,1-2H3. The summed E-state index contributed by atoms with van der Waals surface area (Å²) in [7, 11) is -3.21. The zero-order valence-corrected chi connectivity index (χ0v) is 18.5. The Kier molecular flexibility index (Phi) is 5.97. The van der Waals surface area contributed by atoms with Crippen LogP contribution in [0.4, 0.5) is 0 Å². The second kappa shape index (κ2) is 8.68. The minimum atomic E-state index is -3.21. The van der Waals surface area contributed by atoms with Crippen LogP contribution in [-0.2, 0) is 16.6 Å². The van der Waals surface area contributed by atoms with E-state index in [1.165, 1.54) is 4.31 Å². The topological polar surface area (TPSA) is 84.2 Å².